The van der Waals surface area contributed by atoms with Gasteiger partial charge in [0.1, 0.15) is 5.82 Å². The molecule has 1 aliphatic rings. The topological polar surface area (TPSA) is 84.2 Å². The molecule has 0 aromatic heterocycles. The Hall–Kier alpha value is -2.44. The Bertz CT molecular complexity index is 873. The van der Waals surface area contributed by atoms with Crippen LogP contribution in [-0.4, -0.2) is 24.9 Å². The normalized spacial score (nSPS) is 18.9. The molecule has 2 unspecified atom stereocenters. The highest BCUT2D eigenvalue weighted by Gasteiger charge is 2.21. The van der Waals surface area contributed by atoms with Crippen LogP contribution in [0.3, 0.4) is 0 Å². The monoisotopic (exact) mass is 417 g/mol. The van der Waals surface area contributed by atoms with E-state index in [0.29, 0.717) is 46.8 Å². The maximum Gasteiger partial charge on any atom is 0.255 e. The first-order valence-electron chi connectivity index (χ1n) is 9.81. The summed E-state index contributed by atoms with van der Waals surface area (Å²) in [4.78, 5) is 24.9. The smallest absolute Gasteiger partial charge is 0.255 e. The molecule has 2 atom stereocenters. The zero-order valence-electron chi connectivity index (χ0n) is 16.1. The second-order valence-electron chi connectivity index (χ2n) is 7.50. The second-order valence-corrected chi connectivity index (χ2v) is 7.91. The molecule has 4 N–H and O–H groups in total. The van der Waals surface area contributed by atoms with Gasteiger partial charge in [-0.3, -0.25) is 9.59 Å². The molecule has 154 valence electrons. The lowest BCUT2D eigenvalue weighted by molar-refractivity contribution is 0.0939. The van der Waals surface area contributed by atoms with Crippen LogP contribution < -0.4 is 16.4 Å². The summed E-state index contributed by atoms with van der Waals surface area (Å²) < 4.78 is 13.0. The van der Waals surface area contributed by atoms with Crippen LogP contribution in [0.25, 0.3) is 0 Å². The minimum Gasteiger partial charge on any atom is -0.352 e. The minimum absolute atomic E-state index is 0.214. The Balaban J connectivity index is 1.62. The van der Waals surface area contributed by atoms with E-state index >= 15 is 0 Å². The molecule has 29 heavy (non-hydrogen) atoms. The summed E-state index contributed by atoms with van der Waals surface area (Å²) in [5, 5.41) is 5.96. The van der Waals surface area contributed by atoms with Gasteiger partial charge in [0.05, 0.1) is 10.7 Å². The molecular weight excluding hydrogens is 393 g/mol. The molecule has 3 rings (SSSR count). The summed E-state index contributed by atoms with van der Waals surface area (Å²) in [6.07, 6.45) is 4.44. The van der Waals surface area contributed by atoms with E-state index in [9.17, 15) is 14.0 Å². The third-order valence-corrected chi connectivity index (χ3v) is 5.69. The van der Waals surface area contributed by atoms with Crippen molar-refractivity contribution in [3.63, 3.8) is 0 Å². The largest absolute Gasteiger partial charge is 0.352 e. The molecule has 0 heterocycles. The first-order chi connectivity index (χ1) is 14.0. The predicted molar refractivity (Wildman–Crippen MR) is 113 cm³/mol. The first kappa shape index (κ1) is 21.3. The molecule has 7 heteroatoms. The predicted octanol–water partition coefficient (Wildman–Crippen LogP) is 4.23. The average Bonchev–Trinajstić information content (AvgIpc) is 2.74. The molecule has 1 fully saturated rings. The molecule has 5 nitrogen and oxygen atoms in total. The van der Waals surface area contributed by atoms with Gasteiger partial charge in [-0.05, 0) is 80.1 Å². The van der Waals surface area contributed by atoms with Crippen LogP contribution in [0.4, 0.5) is 10.1 Å². The van der Waals surface area contributed by atoms with Crippen molar-refractivity contribution in [1.29, 1.82) is 0 Å². The van der Waals surface area contributed by atoms with Crippen molar-refractivity contribution in [2.75, 3.05) is 18.4 Å². The highest BCUT2D eigenvalue weighted by molar-refractivity contribution is 6.34. The number of halogens is 2. The molecule has 1 saturated carbocycles. The first-order valence-corrected chi connectivity index (χ1v) is 10.2. The van der Waals surface area contributed by atoms with E-state index < -0.39 is 11.7 Å². The Kier molecular flexibility index (Phi) is 7.23. The zero-order chi connectivity index (χ0) is 20.8. The summed E-state index contributed by atoms with van der Waals surface area (Å²) in [7, 11) is 0. The van der Waals surface area contributed by atoms with Crippen molar-refractivity contribution in [1.82, 2.24) is 5.32 Å². The van der Waals surface area contributed by atoms with E-state index in [4.69, 9.17) is 17.3 Å². The molecule has 2 amide bonds. The fraction of sp³-hybridized carbons (Fsp3) is 0.364. The molecule has 0 aliphatic heterocycles. The number of carbonyl (C=O) groups excluding carboxylic acids is 2. The molecule has 0 saturated heterocycles. The van der Waals surface area contributed by atoms with Crippen LogP contribution in [0.15, 0.2) is 42.5 Å². The van der Waals surface area contributed by atoms with Crippen molar-refractivity contribution >= 4 is 29.1 Å². The number of benzene rings is 2. The summed E-state index contributed by atoms with van der Waals surface area (Å²) in [5.74, 6) is -0.0945. The maximum atomic E-state index is 13.0. The number of nitrogens with one attached hydrogen (secondary N) is 2. The number of carbonyl (C=O) groups is 2. The van der Waals surface area contributed by atoms with Crippen LogP contribution in [0.2, 0.25) is 5.02 Å². The number of hydrogen-bond donors (Lipinski definition) is 3. The Morgan fingerprint density at radius 3 is 2.45 bits per heavy atom. The summed E-state index contributed by atoms with van der Waals surface area (Å²) in [6, 6.07) is 9.92. The SMILES string of the molecule is NCC1CCCC(CNC(=O)c2ccc(Cl)c(NC(=O)c3ccc(F)cc3)c2)C1. The second kappa shape index (κ2) is 9.85. The van der Waals surface area contributed by atoms with Crippen LogP contribution >= 0.6 is 11.6 Å². The minimum atomic E-state index is -0.431. The van der Waals surface area contributed by atoms with Gasteiger partial charge < -0.3 is 16.4 Å². The third kappa shape index (κ3) is 5.78. The molecule has 1 aliphatic carbocycles. The molecule has 0 bridgehead atoms. The van der Waals surface area contributed by atoms with Gasteiger partial charge in [-0.1, -0.05) is 18.0 Å². The Labute approximate surface area is 174 Å². The lowest BCUT2D eigenvalue weighted by Gasteiger charge is -2.28. The van der Waals surface area contributed by atoms with E-state index in [1.54, 1.807) is 18.2 Å². The van der Waals surface area contributed by atoms with Gasteiger partial charge in [0.25, 0.3) is 11.8 Å². The van der Waals surface area contributed by atoms with Crippen molar-refractivity contribution in [3.05, 3.63) is 64.4 Å². The average molecular weight is 418 g/mol. The Morgan fingerprint density at radius 2 is 1.72 bits per heavy atom. The van der Waals surface area contributed by atoms with Gasteiger partial charge in [0, 0.05) is 17.7 Å². The van der Waals surface area contributed by atoms with Crippen molar-refractivity contribution in [2.24, 2.45) is 17.6 Å². The fourth-order valence-corrected chi connectivity index (χ4v) is 3.86. The molecule has 2 aromatic carbocycles. The number of nitrogens with two attached hydrogens (primary N) is 1. The fourth-order valence-electron chi connectivity index (χ4n) is 3.70. The summed E-state index contributed by atoms with van der Waals surface area (Å²) >= 11 is 6.17. The van der Waals surface area contributed by atoms with E-state index in [2.05, 4.69) is 10.6 Å². The lowest BCUT2D eigenvalue weighted by atomic mass is 9.81. The molecule has 0 spiro atoms. The van der Waals surface area contributed by atoms with Crippen LogP contribution in [-0.2, 0) is 0 Å². The summed E-state index contributed by atoms with van der Waals surface area (Å²) in [5.41, 5.74) is 6.82. The number of hydrogen-bond acceptors (Lipinski definition) is 3. The third-order valence-electron chi connectivity index (χ3n) is 5.36. The van der Waals surface area contributed by atoms with Gasteiger partial charge in [0.2, 0.25) is 0 Å². The quantitative estimate of drug-likeness (QED) is 0.657. The van der Waals surface area contributed by atoms with Gasteiger partial charge in [0.15, 0.2) is 0 Å². The van der Waals surface area contributed by atoms with Crippen LogP contribution in [0.5, 0.6) is 0 Å². The Morgan fingerprint density at radius 1 is 1.03 bits per heavy atom. The van der Waals surface area contributed by atoms with E-state index in [-0.39, 0.29) is 5.91 Å². The summed E-state index contributed by atoms with van der Waals surface area (Å²) in [6.45, 7) is 1.30. The lowest BCUT2D eigenvalue weighted by Crippen LogP contribution is -2.33. The molecule has 0 radical (unpaired) electrons. The van der Waals surface area contributed by atoms with Gasteiger partial charge in [-0.25, -0.2) is 4.39 Å². The van der Waals surface area contributed by atoms with Gasteiger partial charge >= 0.3 is 0 Å². The number of anilines is 1. The molecular formula is C22H25ClFN3O2. The number of amides is 2. The van der Waals surface area contributed by atoms with Crippen molar-refractivity contribution in [2.45, 2.75) is 25.7 Å². The molecule has 2 aromatic rings. The van der Waals surface area contributed by atoms with E-state index in [0.717, 1.165) is 25.7 Å². The zero-order valence-corrected chi connectivity index (χ0v) is 16.8. The van der Waals surface area contributed by atoms with Crippen molar-refractivity contribution in [3.8, 4) is 0 Å². The highest BCUT2D eigenvalue weighted by Crippen LogP contribution is 2.28. The van der Waals surface area contributed by atoms with Gasteiger partial charge in [-0.15, -0.1) is 0 Å². The van der Waals surface area contributed by atoms with Crippen LogP contribution in [0.1, 0.15) is 46.4 Å². The van der Waals surface area contributed by atoms with E-state index in [1.165, 1.54) is 24.3 Å². The van der Waals surface area contributed by atoms with Crippen LogP contribution in [0, 0.1) is 17.7 Å². The number of rotatable bonds is 6. The van der Waals surface area contributed by atoms with Gasteiger partial charge in [-0.2, -0.15) is 0 Å². The standard InChI is InChI=1S/C22H25ClFN3O2/c23-19-9-6-17(21(28)26-13-15-3-1-2-14(10-15)12-25)11-20(19)27-22(29)16-4-7-18(24)8-5-16/h4-9,11,14-15H,1-3,10,12-13,25H2,(H,26,28)(H,27,29). The maximum absolute atomic E-state index is 13.0. The van der Waals surface area contributed by atoms with E-state index in [1.807, 2.05) is 0 Å². The highest BCUT2D eigenvalue weighted by atomic mass is 35.5. The van der Waals surface area contributed by atoms with Crippen molar-refractivity contribution < 1.29 is 14.0 Å².